The van der Waals surface area contributed by atoms with Gasteiger partial charge in [-0.1, -0.05) is 13.8 Å². The van der Waals surface area contributed by atoms with E-state index in [0.717, 1.165) is 29.0 Å². The fraction of sp³-hybridized carbons (Fsp3) is 0.667. The summed E-state index contributed by atoms with van der Waals surface area (Å²) in [5, 5.41) is 3.63. The van der Waals surface area contributed by atoms with Crippen LogP contribution >= 0.6 is 0 Å². The monoisotopic (exact) mass is 248 g/mol. The fourth-order valence-electron chi connectivity index (χ4n) is 2.72. The van der Waals surface area contributed by atoms with Crippen molar-refractivity contribution in [1.82, 2.24) is 4.98 Å². The molecule has 0 aliphatic heterocycles. The second-order valence-electron chi connectivity index (χ2n) is 5.63. The molecule has 18 heavy (non-hydrogen) atoms. The Kier molecular flexibility index (Phi) is 4.10. The summed E-state index contributed by atoms with van der Waals surface area (Å²) in [6, 6.07) is 2.63. The zero-order valence-electron chi connectivity index (χ0n) is 11.9. The number of methoxy groups -OCH3 is 1. The second kappa shape index (κ2) is 5.59. The van der Waals surface area contributed by atoms with Gasteiger partial charge in [0.15, 0.2) is 5.75 Å². The summed E-state index contributed by atoms with van der Waals surface area (Å²) in [5.41, 5.74) is 2.10. The second-order valence-corrected chi connectivity index (χ2v) is 5.63. The Morgan fingerprint density at radius 2 is 2.06 bits per heavy atom. The largest absolute Gasteiger partial charge is 0.493 e. The van der Waals surface area contributed by atoms with Gasteiger partial charge in [-0.25, -0.2) is 0 Å². The van der Waals surface area contributed by atoms with Gasteiger partial charge in [-0.15, -0.1) is 0 Å². The number of nitrogens with one attached hydrogen (secondary N) is 1. The van der Waals surface area contributed by atoms with Crippen molar-refractivity contribution >= 4 is 5.69 Å². The van der Waals surface area contributed by atoms with E-state index in [-0.39, 0.29) is 0 Å². The third kappa shape index (κ3) is 2.95. The lowest BCUT2D eigenvalue weighted by Gasteiger charge is -2.33. The first-order chi connectivity index (χ1) is 8.60. The minimum Gasteiger partial charge on any atom is -0.493 e. The SMILES string of the molecule is COc1cnc(C)cc1NC1CCC(C)C(C)C1. The van der Waals surface area contributed by atoms with E-state index in [0.29, 0.717) is 6.04 Å². The summed E-state index contributed by atoms with van der Waals surface area (Å²) >= 11 is 0. The summed E-state index contributed by atoms with van der Waals surface area (Å²) in [5.74, 6) is 2.49. The lowest BCUT2D eigenvalue weighted by molar-refractivity contribution is 0.260. The van der Waals surface area contributed by atoms with Crippen LogP contribution in [0.2, 0.25) is 0 Å². The van der Waals surface area contributed by atoms with Crippen LogP contribution in [-0.4, -0.2) is 18.1 Å². The van der Waals surface area contributed by atoms with Crippen molar-refractivity contribution in [2.24, 2.45) is 11.8 Å². The van der Waals surface area contributed by atoms with Gasteiger partial charge in [0, 0.05) is 11.7 Å². The van der Waals surface area contributed by atoms with Crippen LogP contribution in [0.4, 0.5) is 5.69 Å². The average Bonchev–Trinajstić information content (AvgIpc) is 2.34. The Morgan fingerprint density at radius 1 is 1.28 bits per heavy atom. The molecule has 0 radical (unpaired) electrons. The number of ether oxygens (including phenoxy) is 1. The standard InChI is InChI=1S/C15H24N2O/c1-10-5-6-13(7-11(10)2)17-14-8-12(3)16-9-15(14)18-4/h8-11,13H,5-7H2,1-4H3,(H,16,17). The van der Waals surface area contributed by atoms with Crippen LogP contribution in [0.25, 0.3) is 0 Å². The highest BCUT2D eigenvalue weighted by Gasteiger charge is 2.24. The van der Waals surface area contributed by atoms with Gasteiger partial charge in [0.1, 0.15) is 0 Å². The molecule has 3 nitrogen and oxygen atoms in total. The summed E-state index contributed by atoms with van der Waals surface area (Å²) in [4.78, 5) is 4.27. The van der Waals surface area contributed by atoms with Crippen molar-refractivity contribution in [1.29, 1.82) is 0 Å². The van der Waals surface area contributed by atoms with Gasteiger partial charge < -0.3 is 10.1 Å². The van der Waals surface area contributed by atoms with Crippen LogP contribution in [0.5, 0.6) is 5.75 Å². The van der Waals surface area contributed by atoms with E-state index in [4.69, 9.17) is 4.74 Å². The Balaban J connectivity index is 2.07. The molecule has 1 saturated carbocycles. The molecule has 1 aliphatic rings. The van der Waals surface area contributed by atoms with Gasteiger partial charge >= 0.3 is 0 Å². The van der Waals surface area contributed by atoms with Crippen LogP contribution < -0.4 is 10.1 Å². The smallest absolute Gasteiger partial charge is 0.160 e. The van der Waals surface area contributed by atoms with E-state index in [1.54, 1.807) is 13.3 Å². The molecule has 0 amide bonds. The molecule has 0 bridgehead atoms. The highest BCUT2D eigenvalue weighted by Crippen LogP contribution is 2.33. The number of aromatic nitrogens is 1. The van der Waals surface area contributed by atoms with E-state index in [1.807, 2.05) is 6.92 Å². The van der Waals surface area contributed by atoms with E-state index in [9.17, 15) is 0 Å². The zero-order valence-corrected chi connectivity index (χ0v) is 11.9. The summed E-state index contributed by atoms with van der Waals surface area (Å²) in [6.07, 6.45) is 5.60. The molecule has 3 unspecified atom stereocenters. The first-order valence-corrected chi connectivity index (χ1v) is 6.87. The summed E-state index contributed by atoms with van der Waals surface area (Å²) in [7, 11) is 1.70. The van der Waals surface area contributed by atoms with Crippen molar-refractivity contribution in [2.75, 3.05) is 12.4 Å². The number of nitrogens with zero attached hydrogens (tertiary/aromatic N) is 1. The summed E-state index contributed by atoms with van der Waals surface area (Å²) < 4.78 is 5.36. The summed E-state index contributed by atoms with van der Waals surface area (Å²) in [6.45, 7) is 6.72. The normalized spacial score (nSPS) is 27.9. The van der Waals surface area contributed by atoms with Crippen LogP contribution in [0.1, 0.15) is 38.8 Å². The molecule has 0 spiro atoms. The Labute approximate surface area is 110 Å². The zero-order chi connectivity index (χ0) is 13.1. The predicted octanol–water partition coefficient (Wildman–Crippen LogP) is 3.64. The molecule has 100 valence electrons. The molecule has 1 N–H and O–H groups in total. The third-order valence-electron chi connectivity index (χ3n) is 4.18. The van der Waals surface area contributed by atoms with Crippen LogP contribution in [0.3, 0.4) is 0 Å². The number of rotatable bonds is 3. The molecule has 1 heterocycles. The molecule has 2 rings (SSSR count). The first-order valence-electron chi connectivity index (χ1n) is 6.87. The lowest BCUT2D eigenvalue weighted by atomic mass is 9.79. The van der Waals surface area contributed by atoms with Crippen molar-refractivity contribution in [3.8, 4) is 5.75 Å². The highest BCUT2D eigenvalue weighted by atomic mass is 16.5. The molecule has 0 saturated heterocycles. The molecule has 1 aliphatic carbocycles. The topological polar surface area (TPSA) is 34.1 Å². The van der Waals surface area contributed by atoms with Crippen molar-refractivity contribution in [3.05, 3.63) is 18.0 Å². The Bertz CT molecular complexity index is 405. The van der Waals surface area contributed by atoms with Crippen LogP contribution in [0, 0.1) is 18.8 Å². The fourth-order valence-corrected chi connectivity index (χ4v) is 2.72. The maximum absolute atomic E-state index is 5.36. The molecule has 1 aromatic heterocycles. The maximum atomic E-state index is 5.36. The first kappa shape index (κ1) is 13.2. The van der Waals surface area contributed by atoms with E-state index >= 15 is 0 Å². The van der Waals surface area contributed by atoms with Crippen molar-refractivity contribution < 1.29 is 4.74 Å². The van der Waals surface area contributed by atoms with Gasteiger partial charge in [-0.05, 0) is 44.1 Å². The number of pyridine rings is 1. The average molecular weight is 248 g/mol. The molecular formula is C15H24N2O. The number of anilines is 1. The Morgan fingerprint density at radius 3 is 2.72 bits per heavy atom. The molecule has 1 fully saturated rings. The minimum atomic E-state index is 0.562. The third-order valence-corrected chi connectivity index (χ3v) is 4.18. The molecule has 3 heteroatoms. The maximum Gasteiger partial charge on any atom is 0.160 e. The molecule has 1 aromatic rings. The van der Waals surface area contributed by atoms with E-state index < -0.39 is 0 Å². The lowest BCUT2D eigenvalue weighted by Crippen LogP contribution is -2.30. The number of hydrogen-bond acceptors (Lipinski definition) is 3. The van der Waals surface area contributed by atoms with Gasteiger partial charge in [0.05, 0.1) is 19.0 Å². The van der Waals surface area contributed by atoms with Crippen molar-refractivity contribution in [3.63, 3.8) is 0 Å². The van der Waals surface area contributed by atoms with Crippen molar-refractivity contribution in [2.45, 2.75) is 46.1 Å². The van der Waals surface area contributed by atoms with Crippen LogP contribution in [0.15, 0.2) is 12.3 Å². The number of hydrogen-bond donors (Lipinski definition) is 1. The van der Waals surface area contributed by atoms with Gasteiger partial charge in [-0.3, -0.25) is 4.98 Å². The van der Waals surface area contributed by atoms with Gasteiger partial charge in [0.2, 0.25) is 0 Å². The quantitative estimate of drug-likeness (QED) is 0.887. The van der Waals surface area contributed by atoms with Gasteiger partial charge in [0.25, 0.3) is 0 Å². The number of aryl methyl sites for hydroxylation is 1. The van der Waals surface area contributed by atoms with E-state index in [1.165, 1.54) is 19.3 Å². The molecule has 0 aromatic carbocycles. The van der Waals surface area contributed by atoms with E-state index in [2.05, 4.69) is 30.2 Å². The Hall–Kier alpha value is -1.25. The van der Waals surface area contributed by atoms with Crippen LogP contribution in [-0.2, 0) is 0 Å². The predicted molar refractivity (Wildman–Crippen MR) is 75.1 cm³/mol. The molecule has 3 atom stereocenters. The highest BCUT2D eigenvalue weighted by molar-refractivity contribution is 5.56. The minimum absolute atomic E-state index is 0.562. The molecular weight excluding hydrogens is 224 g/mol. The van der Waals surface area contributed by atoms with Gasteiger partial charge in [-0.2, -0.15) is 0 Å².